The Balaban J connectivity index is 3.01. The molecule has 0 radical (unpaired) electrons. The molecule has 0 aromatic heterocycles. The van der Waals surface area contributed by atoms with Crippen LogP contribution < -0.4 is 5.32 Å². The average Bonchev–Trinajstić information content (AvgIpc) is 2.20. The van der Waals surface area contributed by atoms with Crippen molar-refractivity contribution in [3.05, 3.63) is 27.7 Å². The van der Waals surface area contributed by atoms with E-state index in [1.807, 2.05) is 20.8 Å². The Morgan fingerprint density at radius 1 is 1.29 bits per heavy atom. The topological polar surface area (TPSA) is 49.3 Å². The summed E-state index contributed by atoms with van der Waals surface area (Å²) >= 11 is 12.0. The number of hydrogen-bond donors (Lipinski definition) is 2. The Labute approximate surface area is 111 Å². The van der Waals surface area contributed by atoms with Gasteiger partial charge in [-0.05, 0) is 30.5 Å². The largest absolute Gasteiger partial charge is 0.480 e. The molecule has 94 valence electrons. The van der Waals surface area contributed by atoms with Gasteiger partial charge in [0.05, 0.1) is 10.7 Å². The number of carboxylic acids is 1. The lowest BCUT2D eigenvalue weighted by Crippen LogP contribution is -2.34. The first-order chi connectivity index (χ1) is 7.82. The van der Waals surface area contributed by atoms with Crippen LogP contribution in [0.3, 0.4) is 0 Å². The summed E-state index contributed by atoms with van der Waals surface area (Å²) in [6.45, 7) is 5.50. The second kappa shape index (κ2) is 5.61. The maximum atomic E-state index is 11.1. The minimum Gasteiger partial charge on any atom is -0.480 e. The standard InChI is InChI=1S/C12H15Cl2NO2/c1-6(2)11(12(16)17)15-10-5-8(13)7(3)4-9(10)14/h4-6,11,15H,1-3H3,(H,16,17). The van der Waals surface area contributed by atoms with Gasteiger partial charge in [0, 0.05) is 5.02 Å². The minimum atomic E-state index is -0.909. The third kappa shape index (κ3) is 3.51. The summed E-state index contributed by atoms with van der Waals surface area (Å²) in [6, 6.07) is 2.68. The van der Waals surface area contributed by atoms with E-state index in [1.165, 1.54) is 0 Å². The van der Waals surface area contributed by atoms with Crippen LogP contribution in [-0.2, 0) is 4.79 Å². The second-order valence-electron chi connectivity index (χ2n) is 4.29. The summed E-state index contributed by atoms with van der Waals surface area (Å²) in [7, 11) is 0. The quantitative estimate of drug-likeness (QED) is 0.878. The van der Waals surface area contributed by atoms with Gasteiger partial charge in [-0.1, -0.05) is 37.0 Å². The second-order valence-corrected chi connectivity index (χ2v) is 5.10. The third-order valence-electron chi connectivity index (χ3n) is 2.49. The molecule has 5 heteroatoms. The van der Waals surface area contributed by atoms with Crippen LogP contribution in [0.2, 0.25) is 10.0 Å². The molecule has 1 atom stereocenters. The van der Waals surface area contributed by atoms with E-state index >= 15 is 0 Å². The molecular formula is C12H15Cl2NO2. The summed E-state index contributed by atoms with van der Waals surface area (Å²) in [5.41, 5.74) is 1.40. The lowest BCUT2D eigenvalue weighted by Gasteiger charge is -2.20. The van der Waals surface area contributed by atoms with Crippen molar-refractivity contribution in [1.29, 1.82) is 0 Å². The van der Waals surface area contributed by atoms with Crippen molar-refractivity contribution in [2.24, 2.45) is 5.92 Å². The van der Waals surface area contributed by atoms with E-state index in [2.05, 4.69) is 5.32 Å². The van der Waals surface area contributed by atoms with Gasteiger partial charge in [-0.3, -0.25) is 0 Å². The predicted octanol–water partition coefficient (Wildman–Crippen LogP) is 3.82. The fourth-order valence-corrected chi connectivity index (χ4v) is 1.87. The van der Waals surface area contributed by atoms with E-state index in [0.717, 1.165) is 5.56 Å². The van der Waals surface area contributed by atoms with Crippen LogP contribution in [0.15, 0.2) is 12.1 Å². The van der Waals surface area contributed by atoms with Crippen molar-refractivity contribution >= 4 is 34.9 Å². The first-order valence-corrected chi connectivity index (χ1v) is 6.03. The molecule has 1 aromatic rings. The summed E-state index contributed by atoms with van der Waals surface area (Å²) < 4.78 is 0. The van der Waals surface area contributed by atoms with E-state index < -0.39 is 12.0 Å². The minimum absolute atomic E-state index is 0.0522. The van der Waals surface area contributed by atoms with Gasteiger partial charge in [-0.25, -0.2) is 4.79 Å². The molecular weight excluding hydrogens is 261 g/mol. The van der Waals surface area contributed by atoms with Crippen molar-refractivity contribution in [2.75, 3.05) is 5.32 Å². The summed E-state index contributed by atoms with van der Waals surface area (Å²) in [5.74, 6) is -0.962. The number of anilines is 1. The molecule has 1 unspecified atom stereocenters. The lowest BCUT2D eigenvalue weighted by atomic mass is 10.0. The fraction of sp³-hybridized carbons (Fsp3) is 0.417. The number of aliphatic carboxylic acids is 1. The number of nitrogens with one attached hydrogen (secondary N) is 1. The molecule has 1 aromatic carbocycles. The molecule has 0 fully saturated rings. The molecule has 0 bridgehead atoms. The first-order valence-electron chi connectivity index (χ1n) is 5.28. The van der Waals surface area contributed by atoms with Crippen molar-refractivity contribution in [2.45, 2.75) is 26.8 Å². The van der Waals surface area contributed by atoms with Gasteiger partial charge >= 0.3 is 5.97 Å². The highest BCUT2D eigenvalue weighted by atomic mass is 35.5. The average molecular weight is 276 g/mol. The van der Waals surface area contributed by atoms with Crippen molar-refractivity contribution < 1.29 is 9.90 Å². The number of halogens is 2. The van der Waals surface area contributed by atoms with Crippen LogP contribution in [0.25, 0.3) is 0 Å². The molecule has 2 N–H and O–H groups in total. The van der Waals surface area contributed by atoms with Crippen LogP contribution in [0.5, 0.6) is 0 Å². The number of carbonyl (C=O) groups is 1. The van der Waals surface area contributed by atoms with E-state index in [4.69, 9.17) is 28.3 Å². The molecule has 3 nitrogen and oxygen atoms in total. The molecule has 0 spiro atoms. The fourth-order valence-electron chi connectivity index (χ4n) is 1.44. The number of carboxylic acid groups (broad SMARTS) is 1. The highest BCUT2D eigenvalue weighted by molar-refractivity contribution is 6.35. The van der Waals surface area contributed by atoms with Gasteiger partial charge in [0.15, 0.2) is 0 Å². The van der Waals surface area contributed by atoms with Gasteiger partial charge in [0.25, 0.3) is 0 Å². The first kappa shape index (κ1) is 14.1. The van der Waals surface area contributed by atoms with Crippen LogP contribution in [0.4, 0.5) is 5.69 Å². The van der Waals surface area contributed by atoms with Crippen molar-refractivity contribution in [1.82, 2.24) is 0 Å². The summed E-state index contributed by atoms with van der Waals surface area (Å²) in [5, 5.41) is 13.0. The molecule has 0 saturated carbocycles. The monoisotopic (exact) mass is 275 g/mol. The zero-order chi connectivity index (χ0) is 13.2. The number of aryl methyl sites for hydroxylation is 1. The SMILES string of the molecule is Cc1cc(Cl)c(NC(C(=O)O)C(C)C)cc1Cl. The highest BCUT2D eigenvalue weighted by Crippen LogP contribution is 2.29. The van der Waals surface area contributed by atoms with Crippen molar-refractivity contribution in [3.8, 4) is 0 Å². The zero-order valence-corrected chi connectivity index (χ0v) is 11.4. The molecule has 1 rings (SSSR count). The van der Waals surface area contributed by atoms with Gasteiger partial charge < -0.3 is 10.4 Å². The smallest absolute Gasteiger partial charge is 0.326 e. The Morgan fingerprint density at radius 2 is 1.88 bits per heavy atom. The number of rotatable bonds is 4. The maximum Gasteiger partial charge on any atom is 0.326 e. The van der Waals surface area contributed by atoms with Crippen molar-refractivity contribution in [3.63, 3.8) is 0 Å². The van der Waals surface area contributed by atoms with E-state index in [9.17, 15) is 4.79 Å². The zero-order valence-electron chi connectivity index (χ0n) is 9.92. The third-order valence-corrected chi connectivity index (χ3v) is 3.21. The van der Waals surface area contributed by atoms with Gasteiger partial charge in [0.1, 0.15) is 6.04 Å². The van der Waals surface area contributed by atoms with Gasteiger partial charge in [-0.2, -0.15) is 0 Å². The molecule has 0 aliphatic heterocycles. The predicted molar refractivity (Wildman–Crippen MR) is 71.1 cm³/mol. The molecule has 0 amide bonds. The Morgan fingerprint density at radius 3 is 2.35 bits per heavy atom. The normalized spacial score (nSPS) is 12.6. The summed E-state index contributed by atoms with van der Waals surface area (Å²) in [6.07, 6.45) is 0. The van der Waals surface area contributed by atoms with Crippen LogP contribution in [0.1, 0.15) is 19.4 Å². The lowest BCUT2D eigenvalue weighted by molar-refractivity contribution is -0.138. The molecule has 17 heavy (non-hydrogen) atoms. The molecule has 0 aliphatic carbocycles. The van der Waals surface area contributed by atoms with Crippen LogP contribution in [0, 0.1) is 12.8 Å². The maximum absolute atomic E-state index is 11.1. The molecule has 0 heterocycles. The Hall–Kier alpha value is -0.930. The van der Waals surface area contributed by atoms with Crippen LogP contribution >= 0.6 is 23.2 Å². The van der Waals surface area contributed by atoms with Gasteiger partial charge in [-0.15, -0.1) is 0 Å². The number of hydrogen-bond acceptors (Lipinski definition) is 2. The van der Waals surface area contributed by atoms with E-state index in [0.29, 0.717) is 15.7 Å². The van der Waals surface area contributed by atoms with E-state index in [1.54, 1.807) is 12.1 Å². The van der Waals surface area contributed by atoms with E-state index in [-0.39, 0.29) is 5.92 Å². The Kier molecular flexibility index (Phi) is 4.66. The van der Waals surface area contributed by atoms with Crippen LogP contribution in [-0.4, -0.2) is 17.1 Å². The Bertz CT molecular complexity index is 433. The summed E-state index contributed by atoms with van der Waals surface area (Å²) in [4.78, 5) is 11.1. The highest BCUT2D eigenvalue weighted by Gasteiger charge is 2.22. The molecule has 0 saturated heterocycles. The molecule has 0 aliphatic rings. The number of benzene rings is 1. The van der Waals surface area contributed by atoms with Gasteiger partial charge in [0.2, 0.25) is 0 Å².